The van der Waals surface area contributed by atoms with E-state index in [1.54, 1.807) is 13.0 Å². The average molecular weight is 279 g/mol. The standard InChI is InChI=1S/C11H12Cl2O2S/c1-7(14)8(2)16-10-6-4-3-5-9(10)15-11(12)13/h3-6,8,11H,1-2H3. The van der Waals surface area contributed by atoms with Gasteiger partial charge in [-0.1, -0.05) is 35.3 Å². The number of benzene rings is 1. The third kappa shape index (κ3) is 4.24. The van der Waals surface area contributed by atoms with Gasteiger partial charge in [0, 0.05) is 0 Å². The normalized spacial score (nSPS) is 12.6. The number of carbonyl (C=O) groups is 1. The first-order chi connectivity index (χ1) is 7.50. The van der Waals surface area contributed by atoms with E-state index >= 15 is 0 Å². The lowest BCUT2D eigenvalue weighted by Crippen LogP contribution is -2.08. The maximum Gasteiger partial charge on any atom is 0.247 e. The first-order valence-electron chi connectivity index (χ1n) is 4.71. The summed E-state index contributed by atoms with van der Waals surface area (Å²) in [6, 6.07) is 7.34. The van der Waals surface area contributed by atoms with Crippen molar-refractivity contribution in [1.29, 1.82) is 0 Å². The minimum absolute atomic E-state index is 0.117. The first-order valence-corrected chi connectivity index (χ1v) is 6.47. The Balaban J connectivity index is 2.82. The SMILES string of the molecule is CC(=O)C(C)Sc1ccccc1OC(Cl)Cl. The van der Waals surface area contributed by atoms with Crippen LogP contribution in [-0.4, -0.2) is 16.1 Å². The van der Waals surface area contributed by atoms with E-state index in [1.165, 1.54) is 11.8 Å². The Hall–Kier alpha value is -0.380. The average Bonchev–Trinajstić information content (AvgIpc) is 2.20. The molecule has 5 heteroatoms. The number of alkyl halides is 2. The summed E-state index contributed by atoms with van der Waals surface area (Å²) in [7, 11) is 0. The number of hydrogen-bond donors (Lipinski definition) is 0. The lowest BCUT2D eigenvalue weighted by molar-refractivity contribution is -0.116. The van der Waals surface area contributed by atoms with Crippen molar-refractivity contribution in [1.82, 2.24) is 0 Å². The Morgan fingerprint density at radius 1 is 1.38 bits per heavy atom. The van der Waals surface area contributed by atoms with E-state index in [2.05, 4.69) is 0 Å². The molecule has 0 saturated carbocycles. The smallest absolute Gasteiger partial charge is 0.247 e. The minimum atomic E-state index is -0.908. The van der Waals surface area contributed by atoms with Crippen molar-refractivity contribution in [2.24, 2.45) is 0 Å². The molecule has 0 spiro atoms. The van der Waals surface area contributed by atoms with Crippen LogP contribution in [0.2, 0.25) is 0 Å². The second-order valence-corrected chi connectivity index (χ2v) is 5.59. The Morgan fingerprint density at radius 3 is 2.56 bits per heavy atom. The van der Waals surface area contributed by atoms with Crippen LogP contribution in [0.4, 0.5) is 0 Å². The van der Waals surface area contributed by atoms with E-state index in [4.69, 9.17) is 27.9 Å². The van der Waals surface area contributed by atoms with E-state index in [1.807, 2.05) is 25.1 Å². The summed E-state index contributed by atoms with van der Waals surface area (Å²) in [5.74, 6) is 0.712. The van der Waals surface area contributed by atoms with Gasteiger partial charge in [-0.05, 0) is 26.0 Å². The highest BCUT2D eigenvalue weighted by molar-refractivity contribution is 8.00. The maximum absolute atomic E-state index is 11.2. The molecule has 0 radical (unpaired) electrons. The molecule has 0 aliphatic rings. The molecule has 0 bridgehead atoms. The second kappa shape index (κ2) is 6.38. The van der Waals surface area contributed by atoms with E-state index in [0.29, 0.717) is 5.75 Å². The summed E-state index contributed by atoms with van der Waals surface area (Å²) < 4.78 is 5.22. The van der Waals surface area contributed by atoms with Crippen molar-refractivity contribution in [3.63, 3.8) is 0 Å². The molecular formula is C11H12Cl2O2S. The molecule has 0 fully saturated rings. The molecule has 1 atom stereocenters. The molecule has 2 nitrogen and oxygen atoms in total. The molecule has 0 N–H and O–H groups in total. The van der Waals surface area contributed by atoms with Crippen LogP contribution in [-0.2, 0) is 4.79 Å². The van der Waals surface area contributed by atoms with Gasteiger partial charge in [0.1, 0.15) is 11.5 Å². The summed E-state index contributed by atoms with van der Waals surface area (Å²) in [4.78, 5) is 12.0. The predicted octanol–water partition coefficient (Wildman–Crippen LogP) is 3.90. The second-order valence-electron chi connectivity index (χ2n) is 3.20. The highest BCUT2D eigenvalue weighted by atomic mass is 35.5. The van der Waals surface area contributed by atoms with Gasteiger partial charge in [-0.2, -0.15) is 0 Å². The Bertz CT molecular complexity index is 369. The summed E-state index contributed by atoms with van der Waals surface area (Å²) in [5.41, 5.74) is 0. The fraction of sp³-hybridized carbons (Fsp3) is 0.364. The van der Waals surface area contributed by atoms with Crippen molar-refractivity contribution in [3.8, 4) is 5.75 Å². The zero-order chi connectivity index (χ0) is 12.1. The van der Waals surface area contributed by atoms with Crippen LogP contribution >= 0.6 is 35.0 Å². The van der Waals surface area contributed by atoms with Gasteiger partial charge in [0.15, 0.2) is 0 Å². The van der Waals surface area contributed by atoms with Crippen molar-refractivity contribution in [2.45, 2.75) is 29.0 Å². The van der Waals surface area contributed by atoms with Gasteiger partial charge in [0.05, 0.1) is 10.1 Å². The van der Waals surface area contributed by atoms with Gasteiger partial charge in [-0.3, -0.25) is 4.79 Å². The molecule has 0 aromatic heterocycles. The van der Waals surface area contributed by atoms with Crippen LogP contribution in [0, 0.1) is 0 Å². The molecule has 0 aliphatic carbocycles. The summed E-state index contributed by atoms with van der Waals surface area (Å²) >= 11 is 12.5. The van der Waals surface area contributed by atoms with Crippen LogP contribution in [0.25, 0.3) is 0 Å². The first kappa shape index (κ1) is 13.7. The molecule has 16 heavy (non-hydrogen) atoms. The summed E-state index contributed by atoms with van der Waals surface area (Å²) in [6.07, 6.45) is 0. The molecule has 0 amide bonds. The molecule has 1 aromatic rings. The summed E-state index contributed by atoms with van der Waals surface area (Å²) in [5, 5.41) is -1.02. The lowest BCUT2D eigenvalue weighted by atomic mass is 10.3. The Morgan fingerprint density at radius 2 is 2.00 bits per heavy atom. The van der Waals surface area contributed by atoms with Gasteiger partial charge < -0.3 is 4.74 Å². The van der Waals surface area contributed by atoms with E-state index in [9.17, 15) is 4.79 Å². The minimum Gasteiger partial charge on any atom is -0.460 e. The van der Waals surface area contributed by atoms with Crippen LogP contribution < -0.4 is 4.74 Å². The van der Waals surface area contributed by atoms with Crippen LogP contribution in [0.15, 0.2) is 29.2 Å². The quantitative estimate of drug-likeness (QED) is 0.604. The Labute approximate surface area is 109 Å². The van der Waals surface area contributed by atoms with E-state index in [0.717, 1.165) is 4.90 Å². The van der Waals surface area contributed by atoms with Crippen molar-refractivity contribution < 1.29 is 9.53 Å². The largest absolute Gasteiger partial charge is 0.460 e. The zero-order valence-corrected chi connectivity index (χ0v) is 11.3. The maximum atomic E-state index is 11.2. The van der Waals surface area contributed by atoms with Gasteiger partial charge in [0.25, 0.3) is 0 Å². The molecule has 0 heterocycles. The molecule has 0 saturated heterocycles. The number of carbonyl (C=O) groups excluding carboxylic acids is 1. The Kier molecular flexibility index (Phi) is 5.46. The van der Waals surface area contributed by atoms with Gasteiger partial charge in [-0.25, -0.2) is 0 Å². The van der Waals surface area contributed by atoms with Gasteiger partial charge in [0.2, 0.25) is 5.02 Å². The lowest BCUT2D eigenvalue weighted by Gasteiger charge is -2.13. The number of hydrogen-bond acceptors (Lipinski definition) is 3. The van der Waals surface area contributed by atoms with E-state index < -0.39 is 5.02 Å². The third-order valence-electron chi connectivity index (χ3n) is 1.94. The number of para-hydroxylation sites is 1. The molecule has 0 aliphatic heterocycles. The number of ketones is 1. The monoisotopic (exact) mass is 278 g/mol. The molecule has 1 rings (SSSR count). The fourth-order valence-electron chi connectivity index (χ4n) is 1.01. The predicted molar refractivity (Wildman–Crippen MR) is 68.6 cm³/mol. The fourth-order valence-corrected chi connectivity index (χ4v) is 2.14. The highest BCUT2D eigenvalue weighted by Crippen LogP contribution is 2.33. The van der Waals surface area contributed by atoms with Crippen molar-refractivity contribution in [3.05, 3.63) is 24.3 Å². The van der Waals surface area contributed by atoms with Gasteiger partial charge >= 0.3 is 0 Å². The summed E-state index contributed by atoms with van der Waals surface area (Å²) in [6.45, 7) is 3.41. The zero-order valence-electron chi connectivity index (χ0n) is 8.94. The van der Waals surface area contributed by atoms with Crippen molar-refractivity contribution in [2.75, 3.05) is 0 Å². The molecule has 1 aromatic carbocycles. The number of halogens is 2. The number of Topliss-reactive ketones (excluding diaryl/α,β-unsaturated/α-hetero) is 1. The van der Waals surface area contributed by atoms with E-state index in [-0.39, 0.29) is 11.0 Å². The topological polar surface area (TPSA) is 26.3 Å². The number of ether oxygens (including phenoxy) is 1. The van der Waals surface area contributed by atoms with Crippen molar-refractivity contribution >= 4 is 40.7 Å². The van der Waals surface area contributed by atoms with Crippen LogP contribution in [0.1, 0.15) is 13.8 Å². The number of thioether (sulfide) groups is 1. The number of rotatable bonds is 5. The van der Waals surface area contributed by atoms with Crippen LogP contribution in [0.3, 0.4) is 0 Å². The van der Waals surface area contributed by atoms with Gasteiger partial charge in [-0.15, -0.1) is 11.8 Å². The molecule has 88 valence electrons. The molecular weight excluding hydrogens is 267 g/mol. The highest BCUT2D eigenvalue weighted by Gasteiger charge is 2.13. The van der Waals surface area contributed by atoms with Crippen LogP contribution in [0.5, 0.6) is 5.75 Å². The third-order valence-corrected chi connectivity index (χ3v) is 3.40. The molecule has 1 unspecified atom stereocenters.